The van der Waals surface area contributed by atoms with Crippen molar-refractivity contribution in [1.82, 2.24) is 10.6 Å². The molecule has 1 unspecified atom stereocenters. The van der Waals surface area contributed by atoms with Crippen molar-refractivity contribution in [2.45, 2.75) is 62.6 Å². The Morgan fingerprint density at radius 1 is 0.935 bits per heavy atom. The van der Waals surface area contributed by atoms with Gasteiger partial charge in [-0.1, -0.05) is 38.3 Å². The fraction of sp³-hybridized carbons (Fsp3) is 0.355. The molecule has 46 heavy (non-hydrogen) atoms. The van der Waals surface area contributed by atoms with Crippen LogP contribution in [-0.2, 0) is 27.7 Å². The summed E-state index contributed by atoms with van der Waals surface area (Å²) < 4.78 is 60.1. The zero-order valence-corrected chi connectivity index (χ0v) is 25.8. The number of carbonyl (C=O) groups is 2. The van der Waals surface area contributed by atoms with Gasteiger partial charge >= 0.3 is 18.2 Å². The summed E-state index contributed by atoms with van der Waals surface area (Å²) in [6.45, 7) is 3.49. The van der Waals surface area contributed by atoms with Gasteiger partial charge in [0, 0.05) is 24.0 Å². The van der Waals surface area contributed by atoms with Gasteiger partial charge in [0.2, 0.25) is 0 Å². The molecule has 7 N–H and O–H groups in total. The maximum Gasteiger partial charge on any atom is 0.490 e. The normalized spacial score (nSPS) is 14.3. The second-order valence-corrected chi connectivity index (χ2v) is 12.3. The molecule has 15 heteroatoms. The number of anilines is 2. The smallest absolute Gasteiger partial charge is 0.490 e. The van der Waals surface area contributed by atoms with E-state index in [1.165, 1.54) is 12.1 Å². The maximum absolute atomic E-state index is 12.9. The van der Waals surface area contributed by atoms with Crippen molar-refractivity contribution in [3.8, 4) is 11.5 Å². The number of phenols is 2. The van der Waals surface area contributed by atoms with E-state index in [1.807, 2.05) is 12.1 Å². The molecular weight excluding hydrogens is 629 g/mol. The maximum atomic E-state index is 12.9. The fourth-order valence-corrected chi connectivity index (χ4v) is 5.71. The Labute approximate surface area is 264 Å². The van der Waals surface area contributed by atoms with E-state index in [1.54, 1.807) is 36.4 Å². The molecule has 250 valence electrons. The van der Waals surface area contributed by atoms with Crippen LogP contribution in [0.2, 0.25) is 0 Å². The summed E-state index contributed by atoms with van der Waals surface area (Å²) in [6.07, 6.45) is 0.600. The highest BCUT2D eigenvalue weighted by atomic mass is 32.2. The Hall–Kier alpha value is -4.50. The molecule has 0 radical (unpaired) electrons. The molecule has 0 aromatic heterocycles. The van der Waals surface area contributed by atoms with Gasteiger partial charge in [-0.15, -0.1) is 0 Å². The topological polar surface area (TPSA) is 177 Å². The van der Waals surface area contributed by atoms with Crippen LogP contribution in [0.15, 0.2) is 65.6 Å². The summed E-state index contributed by atoms with van der Waals surface area (Å²) >= 11 is 0. The van der Waals surface area contributed by atoms with Crippen LogP contribution in [0, 0.1) is 0 Å². The van der Waals surface area contributed by atoms with Crippen LogP contribution in [0.4, 0.5) is 29.3 Å². The summed E-state index contributed by atoms with van der Waals surface area (Å²) in [5.41, 5.74) is 3.88. The second-order valence-electron chi connectivity index (χ2n) is 10.6. The van der Waals surface area contributed by atoms with Crippen molar-refractivity contribution in [1.29, 1.82) is 0 Å². The number of hydrogen-bond acceptors (Lipinski definition) is 7. The lowest BCUT2D eigenvalue weighted by molar-refractivity contribution is -0.192. The molecule has 11 nitrogen and oxygen atoms in total. The third-order valence-electron chi connectivity index (χ3n) is 7.02. The number of urea groups is 1. The Morgan fingerprint density at radius 2 is 1.54 bits per heavy atom. The first kappa shape index (κ1) is 36.0. The Morgan fingerprint density at radius 3 is 2.15 bits per heavy atom. The van der Waals surface area contributed by atoms with Gasteiger partial charge in [-0.25, -0.2) is 18.0 Å². The molecule has 4 rings (SSSR count). The first-order chi connectivity index (χ1) is 21.7. The van der Waals surface area contributed by atoms with Crippen LogP contribution in [-0.4, -0.2) is 55.0 Å². The lowest BCUT2D eigenvalue weighted by Crippen LogP contribution is -2.31. The van der Waals surface area contributed by atoms with Crippen LogP contribution in [0.3, 0.4) is 0 Å². The van der Waals surface area contributed by atoms with Gasteiger partial charge in [0.25, 0.3) is 10.0 Å². The molecular formula is C31H37F3N4O7S. The van der Waals surface area contributed by atoms with Crippen molar-refractivity contribution in [3.05, 3.63) is 77.4 Å². The number of carboxylic acid groups (broad SMARTS) is 1. The molecule has 0 saturated carbocycles. The van der Waals surface area contributed by atoms with Crippen LogP contribution >= 0.6 is 0 Å². The van der Waals surface area contributed by atoms with Gasteiger partial charge in [0.05, 0.1) is 4.90 Å². The van der Waals surface area contributed by atoms with Crippen molar-refractivity contribution >= 4 is 33.4 Å². The van der Waals surface area contributed by atoms with Gasteiger partial charge in [0.15, 0.2) is 11.5 Å². The number of hydrogen-bond donors (Lipinski definition) is 7. The number of aromatic hydroxyl groups is 2. The number of fused-ring (bicyclic) bond motifs is 1. The number of halogens is 3. The predicted octanol–water partition coefficient (Wildman–Crippen LogP) is 5.66. The molecule has 0 aliphatic carbocycles. The van der Waals surface area contributed by atoms with E-state index in [0.717, 1.165) is 55.3 Å². The number of aliphatic carboxylic acids is 1. The Bertz CT molecular complexity index is 1580. The zero-order valence-electron chi connectivity index (χ0n) is 25.0. The van der Waals surface area contributed by atoms with Gasteiger partial charge in [-0.05, 0) is 91.0 Å². The van der Waals surface area contributed by atoms with Crippen molar-refractivity contribution in [2.24, 2.45) is 0 Å². The van der Waals surface area contributed by atoms with E-state index >= 15 is 0 Å². The molecule has 0 spiro atoms. The number of nitrogens with one attached hydrogen (secondary N) is 4. The minimum atomic E-state index is -5.08. The number of carbonyl (C=O) groups excluding carboxylic acids is 1. The molecule has 3 aromatic carbocycles. The van der Waals surface area contributed by atoms with Gasteiger partial charge in [-0.3, -0.25) is 4.72 Å². The monoisotopic (exact) mass is 666 g/mol. The highest BCUT2D eigenvalue weighted by Crippen LogP contribution is 2.35. The van der Waals surface area contributed by atoms with E-state index in [9.17, 15) is 36.6 Å². The third-order valence-corrected chi connectivity index (χ3v) is 8.42. The Balaban J connectivity index is 0.000000738. The third kappa shape index (κ3) is 10.8. The first-order valence-electron chi connectivity index (χ1n) is 14.5. The molecule has 0 saturated heterocycles. The summed E-state index contributed by atoms with van der Waals surface area (Å²) in [7, 11) is -3.81. The highest BCUT2D eigenvalue weighted by Gasteiger charge is 2.38. The number of sulfonamides is 1. The van der Waals surface area contributed by atoms with Crippen molar-refractivity contribution < 1.29 is 46.5 Å². The summed E-state index contributed by atoms with van der Waals surface area (Å²) in [4.78, 5) is 21.0. The second kappa shape index (κ2) is 16.2. The fourth-order valence-electron chi connectivity index (χ4n) is 4.66. The highest BCUT2D eigenvalue weighted by molar-refractivity contribution is 7.92. The van der Waals surface area contributed by atoms with Crippen LogP contribution in [0.25, 0.3) is 0 Å². The molecule has 3 aromatic rings. The standard InChI is InChI=1S/C29H36N4O5S.C2HF3O2/c1-2-3-4-5-15-31-29(36)32-22-10-12-24(13-11-22)39(37,38)33-23-8-6-20(7-9-23)17-26-25-19-28(35)27(34)18-21(25)14-16-30-26;3-2(4,5)1(6)7/h6-13,18-19,26,30,33-35H,2-5,14-17H2,1H3,(H2,31,32,36);(H,6,7). The molecule has 0 fully saturated rings. The lowest BCUT2D eigenvalue weighted by atomic mass is 9.90. The predicted molar refractivity (Wildman–Crippen MR) is 166 cm³/mol. The van der Waals surface area contributed by atoms with Crippen molar-refractivity contribution in [2.75, 3.05) is 23.1 Å². The van der Waals surface area contributed by atoms with E-state index < -0.39 is 22.2 Å². The Kier molecular flexibility index (Phi) is 12.7. The van der Waals surface area contributed by atoms with Gasteiger partial charge < -0.3 is 31.3 Å². The van der Waals surface area contributed by atoms with Gasteiger partial charge in [-0.2, -0.15) is 13.2 Å². The van der Waals surface area contributed by atoms with E-state index in [0.29, 0.717) is 24.3 Å². The average Bonchev–Trinajstić information content (AvgIpc) is 2.99. The zero-order chi connectivity index (χ0) is 33.9. The van der Waals surface area contributed by atoms with Crippen LogP contribution in [0.5, 0.6) is 11.5 Å². The minimum Gasteiger partial charge on any atom is -0.504 e. The van der Waals surface area contributed by atoms with Crippen LogP contribution in [0.1, 0.15) is 55.3 Å². The summed E-state index contributed by atoms with van der Waals surface area (Å²) in [5.74, 6) is -3.01. The number of phenolic OH excluding ortho intramolecular Hbond substituents is 2. The average molecular weight is 667 g/mol. The van der Waals surface area contributed by atoms with E-state index in [4.69, 9.17) is 9.90 Å². The largest absolute Gasteiger partial charge is 0.504 e. The number of carboxylic acids is 1. The van der Waals surface area contributed by atoms with Crippen LogP contribution < -0.4 is 20.7 Å². The first-order valence-corrected chi connectivity index (χ1v) is 16.0. The van der Waals surface area contributed by atoms with E-state index in [2.05, 4.69) is 27.6 Å². The number of rotatable bonds is 11. The lowest BCUT2D eigenvalue weighted by Gasteiger charge is -2.27. The van der Waals surface area contributed by atoms with Gasteiger partial charge in [0.1, 0.15) is 0 Å². The summed E-state index contributed by atoms with van der Waals surface area (Å²) in [5, 5.41) is 35.8. The number of amides is 2. The molecule has 2 amide bonds. The quantitative estimate of drug-likeness (QED) is 0.101. The molecule has 1 atom stereocenters. The minimum absolute atomic E-state index is 0.0296. The number of alkyl halides is 3. The number of benzene rings is 3. The molecule has 1 heterocycles. The molecule has 0 bridgehead atoms. The van der Waals surface area contributed by atoms with E-state index in [-0.39, 0.29) is 28.5 Å². The molecule has 1 aliphatic heterocycles. The SMILES string of the molecule is CCCCCCNC(=O)Nc1ccc(S(=O)(=O)Nc2ccc(CC3NCCc4cc(O)c(O)cc43)cc2)cc1.O=C(O)C(F)(F)F. The van der Waals surface area contributed by atoms with Crippen molar-refractivity contribution in [3.63, 3.8) is 0 Å². The molecule has 1 aliphatic rings. The number of unbranched alkanes of at least 4 members (excludes halogenated alkanes) is 3. The summed E-state index contributed by atoms with van der Waals surface area (Å²) in [6, 6.07) is 16.0.